The third-order valence-corrected chi connectivity index (χ3v) is 4.22. The van der Waals surface area contributed by atoms with Crippen LogP contribution in [0, 0.1) is 12.8 Å². The van der Waals surface area contributed by atoms with Crippen molar-refractivity contribution in [1.29, 1.82) is 0 Å². The Morgan fingerprint density at radius 1 is 1.58 bits per heavy atom. The van der Waals surface area contributed by atoms with E-state index in [9.17, 15) is 13.2 Å². The van der Waals surface area contributed by atoms with Crippen LogP contribution < -0.4 is 10.5 Å². The number of aromatic amines is 1. The van der Waals surface area contributed by atoms with Gasteiger partial charge in [-0.3, -0.25) is 9.89 Å². The Hall–Kier alpha value is -1.41. The second-order valence-corrected chi connectivity index (χ2v) is 6.62. The minimum Gasteiger partial charge on any atom is -0.348 e. The smallest absolute Gasteiger partial charge is 0.273 e. The Balaban J connectivity index is 2.15. The number of hydrogen-bond donors (Lipinski definition) is 3. The van der Waals surface area contributed by atoms with E-state index in [2.05, 4.69) is 15.5 Å². The molecule has 4 N–H and O–H groups in total. The predicted molar refractivity (Wildman–Crippen MR) is 69.0 cm³/mol. The highest BCUT2D eigenvalue weighted by Gasteiger charge is 2.28. The average Bonchev–Trinajstić information content (AvgIpc) is 2.96. The molecule has 1 unspecified atom stereocenters. The highest BCUT2D eigenvalue weighted by Crippen LogP contribution is 2.33. The van der Waals surface area contributed by atoms with Gasteiger partial charge in [-0.1, -0.05) is 12.8 Å². The van der Waals surface area contributed by atoms with E-state index in [4.69, 9.17) is 5.14 Å². The van der Waals surface area contributed by atoms with Crippen molar-refractivity contribution in [3.05, 3.63) is 11.4 Å². The van der Waals surface area contributed by atoms with E-state index in [1.807, 2.05) is 6.92 Å². The lowest BCUT2D eigenvalue weighted by Gasteiger charge is -2.12. The maximum atomic E-state index is 12.0. The zero-order valence-corrected chi connectivity index (χ0v) is 11.8. The zero-order valence-electron chi connectivity index (χ0n) is 10.9. The maximum Gasteiger partial charge on any atom is 0.273 e. The second kappa shape index (κ2) is 4.93. The molecule has 0 saturated heterocycles. The van der Waals surface area contributed by atoms with E-state index in [0.717, 1.165) is 6.42 Å². The van der Waals surface area contributed by atoms with Crippen LogP contribution in [0.4, 0.5) is 0 Å². The summed E-state index contributed by atoms with van der Waals surface area (Å²) in [5.74, 6) is 0.162. The monoisotopic (exact) mass is 286 g/mol. The lowest BCUT2D eigenvalue weighted by molar-refractivity contribution is 0.0929. The molecule has 1 aliphatic rings. The van der Waals surface area contributed by atoms with Gasteiger partial charge in [-0.05, 0) is 26.2 Å². The number of nitrogens with zero attached hydrogens (tertiary/aromatic N) is 1. The van der Waals surface area contributed by atoms with Crippen molar-refractivity contribution >= 4 is 15.9 Å². The second-order valence-electron chi connectivity index (χ2n) is 5.12. The van der Waals surface area contributed by atoms with E-state index in [0.29, 0.717) is 5.92 Å². The van der Waals surface area contributed by atoms with Crippen LogP contribution in [-0.2, 0) is 10.0 Å². The number of amides is 1. The minimum atomic E-state index is -3.97. The van der Waals surface area contributed by atoms with Crippen molar-refractivity contribution in [3.63, 3.8) is 0 Å². The minimum absolute atomic E-state index is 0.00895. The molecule has 0 aliphatic heterocycles. The molecule has 0 aromatic carbocycles. The molecule has 1 heterocycles. The Morgan fingerprint density at radius 2 is 2.21 bits per heavy atom. The van der Waals surface area contributed by atoms with Crippen LogP contribution in [0.1, 0.15) is 42.4 Å². The molecule has 106 valence electrons. The number of nitrogens with one attached hydrogen (secondary N) is 2. The van der Waals surface area contributed by atoms with E-state index in [1.54, 1.807) is 0 Å². The number of aryl methyl sites for hydroxylation is 1. The molecule has 1 aliphatic carbocycles. The van der Waals surface area contributed by atoms with Crippen molar-refractivity contribution < 1.29 is 13.2 Å². The number of carbonyl (C=O) groups excluding carboxylic acids is 1. The van der Waals surface area contributed by atoms with Crippen molar-refractivity contribution in [2.45, 2.75) is 44.0 Å². The fourth-order valence-electron chi connectivity index (χ4n) is 2.13. The van der Waals surface area contributed by atoms with Gasteiger partial charge in [-0.25, -0.2) is 13.6 Å². The molecule has 0 radical (unpaired) electrons. The maximum absolute atomic E-state index is 12.0. The molecule has 1 aromatic heterocycles. The first-order valence-electron chi connectivity index (χ1n) is 6.17. The average molecular weight is 286 g/mol. The summed E-state index contributed by atoms with van der Waals surface area (Å²) >= 11 is 0. The summed E-state index contributed by atoms with van der Waals surface area (Å²) in [6, 6.07) is -0.00895. The fraction of sp³-hybridized carbons (Fsp3) is 0.636. The van der Waals surface area contributed by atoms with Crippen LogP contribution in [0.2, 0.25) is 0 Å². The van der Waals surface area contributed by atoms with Gasteiger partial charge in [0, 0.05) is 6.04 Å². The normalized spacial score (nSPS) is 17.2. The Bertz CT molecular complexity index is 589. The zero-order chi connectivity index (χ0) is 14.2. The number of aromatic nitrogens is 2. The summed E-state index contributed by atoms with van der Waals surface area (Å²) in [7, 11) is -3.97. The number of nitrogens with two attached hydrogens (primary N) is 1. The predicted octanol–water partition coefficient (Wildman–Crippen LogP) is 0.284. The fourth-order valence-corrected chi connectivity index (χ4v) is 3.01. The molecular weight excluding hydrogens is 268 g/mol. The van der Waals surface area contributed by atoms with Gasteiger partial charge >= 0.3 is 0 Å². The topological polar surface area (TPSA) is 118 Å². The standard InChI is InChI=1S/C11H18N4O3S/c1-6(5-8-3-4-8)13-11(16)9-10(19(12,17)18)7(2)14-15-9/h6,8H,3-5H2,1-2H3,(H,13,16)(H,14,15)(H2,12,17,18). The van der Waals surface area contributed by atoms with E-state index < -0.39 is 15.9 Å². The molecule has 7 nitrogen and oxygen atoms in total. The molecule has 1 aromatic rings. The molecule has 1 fully saturated rings. The number of H-pyrrole nitrogens is 1. The van der Waals surface area contributed by atoms with Gasteiger partial charge in [0.15, 0.2) is 5.69 Å². The van der Waals surface area contributed by atoms with Gasteiger partial charge in [0.2, 0.25) is 10.0 Å². The van der Waals surface area contributed by atoms with Crippen molar-refractivity contribution in [2.75, 3.05) is 0 Å². The van der Waals surface area contributed by atoms with Crippen LogP contribution in [0.5, 0.6) is 0 Å². The van der Waals surface area contributed by atoms with Gasteiger partial charge in [-0.2, -0.15) is 5.10 Å². The Labute approximate surface area is 112 Å². The van der Waals surface area contributed by atoms with Gasteiger partial charge in [0.25, 0.3) is 5.91 Å². The van der Waals surface area contributed by atoms with E-state index >= 15 is 0 Å². The lowest BCUT2D eigenvalue weighted by atomic mass is 10.1. The summed E-state index contributed by atoms with van der Waals surface area (Å²) in [6.45, 7) is 3.41. The third kappa shape index (κ3) is 3.32. The van der Waals surface area contributed by atoms with Crippen LogP contribution in [0.25, 0.3) is 0 Å². The largest absolute Gasteiger partial charge is 0.348 e. The van der Waals surface area contributed by atoms with Gasteiger partial charge in [0.05, 0.1) is 5.69 Å². The molecule has 1 atom stereocenters. The Kier molecular flexibility index (Phi) is 3.64. The molecule has 0 bridgehead atoms. The first-order valence-corrected chi connectivity index (χ1v) is 7.72. The summed E-state index contributed by atoms with van der Waals surface area (Å²) in [5, 5.41) is 14.1. The van der Waals surface area contributed by atoms with Crippen molar-refractivity contribution in [3.8, 4) is 0 Å². The van der Waals surface area contributed by atoms with Gasteiger partial charge in [-0.15, -0.1) is 0 Å². The summed E-state index contributed by atoms with van der Waals surface area (Å²) < 4.78 is 22.9. The van der Waals surface area contributed by atoms with E-state index in [1.165, 1.54) is 19.8 Å². The molecule has 1 saturated carbocycles. The lowest BCUT2D eigenvalue weighted by Crippen LogP contribution is -2.34. The van der Waals surface area contributed by atoms with Crippen LogP contribution >= 0.6 is 0 Å². The number of carbonyl (C=O) groups is 1. The molecule has 1 amide bonds. The van der Waals surface area contributed by atoms with Gasteiger partial charge in [0.1, 0.15) is 4.90 Å². The molecule has 19 heavy (non-hydrogen) atoms. The third-order valence-electron chi connectivity index (χ3n) is 3.15. The number of primary sulfonamides is 1. The van der Waals surface area contributed by atoms with Crippen molar-refractivity contribution in [2.24, 2.45) is 11.1 Å². The summed E-state index contributed by atoms with van der Waals surface area (Å²) in [4.78, 5) is 11.8. The van der Waals surface area contributed by atoms with Gasteiger partial charge < -0.3 is 5.32 Å². The Morgan fingerprint density at radius 3 is 2.74 bits per heavy atom. The highest BCUT2D eigenvalue weighted by atomic mass is 32.2. The van der Waals surface area contributed by atoms with Crippen LogP contribution in [-0.4, -0.2) is 30.6 Å². The number of rotatable bonds is 5. The van der Waals surface area contributed by atoms with Crippen LogP contribution in [0.15, 0.2) is 4.90 Å². The summed E-state index contributed by atoms with van der Waals surface area (Å²) in [6.07, 6.45) is 3.30. The first-order chi connectivity index (χ1) is 8.79. The molecule has 8 heteroatoms. The highest BCUT2D eigenvalue weighted by molar-refractivity contribution is 7.89. The molecular formula is C11H18N4O3S. The molecule has 2 rings (SSSR count). The van der Waals surface area contributed by atoms with Crippen LogP contribution in [0.3, 0.4) is 0 Å². The van der Waals surface area contributed by atoms with Crippen molar-refractivity contribution in [1.82, 2.24) is 15.5 Å². The summed E-state index contributed by atoms with van der Waals surface area (Å²) in [5.41, 5.74) is 0.102. The molecule has 0 spiro atoms. The SMILES string of the molecule is Cc1[nH]nc(C(=O)NC(C)CC2CC2)c1S(N)(=O)=O. The van der Waals surface area contributed by atoms with E-state index in [-0.39, 0.29) is 22.3 Å². The number of hydrogen-bond acceptors (Lipinski definition) is 4. The first kappa shape index (κ1) is 14.0. The number of sulfonamides is 1. The quantitative estimate of drug-likeness (QED) is 0.720.